The van der Waals surface area contributed by atoms with Gasteiger partial charge in [0.25, 0.3) is 0 Å². The molecular formula is C17H19N5O2. The van der Waals surface area contributed by atoms with Crippen LogP contribution in [0.3, 0.4) is 0 Å². The van der Waals surface area contributed by atoms with Crippen molar-refractivity contribution in [3.8, 4) is 11.1 Å². The van der Waals surface area contributed by atoms with E-state index < -0.39 is 11.7 Å². The largest absolute Gasteiger partial charge is 0.444 e. The minimum absolute atomic E-state index is 0.208. The Labute approximate surface area is 139 Å². The van der Waals surface area contributed by atoms with Crippen LogP contribution in [0.5, 0.6) is 0 Å². The van der Waals surface area contributed by atoms with E-state index in [9.17, 15) is 4.79 Å². The van der Waals surface area contributed by atoms with Gasteiger partial charge in [-0.05, 0) is 32.4 Å². The number of ether oxygens (including phenoxy) is 1. The maximum Gasteiger partial charge on any atom is 0.414 e. The first-order valence-corrected chi connectivity index (χ1v) is 7.56. The summed E-state index contributed by atoms with van der Waals surface area (Å²) in [5.41, 5.74) is 2.16. The summed E-state index contributed by atoms with van der Waals surface area (Å²) in [6.07, 6.45) is 4.82. The van der Waals surface area contributed by atoms with Crippen LogP contribution in [0.25, 0.3) is 22.0 Å². The van der Waals surface area contributed by atoms with Crippen LogP contribution in [0.15, 0.2) is 36.8 Å². The number of rotatable bonds is 2. The molecule has 1 aromatic carbocycles. The van der Waals surface area contributed by atoms with Crippen molar-refractivity contribution in [3.63, 3.8) is 0 Å². The van der Waals surface area contributed by atoms with Gasteiger partial charge >= 0.3 is 6.09 Å². The Balaban J connectivity index is 1.88. The van der Waals surface area contributed by atoms with E-state index >= 15 is 0 Å². The average molecular weight is 325 g/mol. The predicted octanol–water partition coefficient (Wildman–Crippen LogP) is 3.38. The van der Waals surface area contributed by atoms with Crippen molar-refractivity contribution < 1.29 is 9.53 Å². The minimum atomic E-state index is -0.578. The monoisotopic (exact) mass is 325 g/mol. The molecule has 24 heavy (non-hydrogen) atoms. The van der Waals surface area contributed by atoms with E-state index in [0.717, 1.165) is 22.0 Å². The van der Waals surface area contributed by atoms with Crippen LogP contribution in [-0.4, -0.2) is 31.4 Å². The molecule has 3 rings (SSSR count). The molecule has 0 atom stereocenters. The lowest BCUT2D eigenvalue weighted by atomic mass is 10.1. The summed E-state index contributed by atoms with van der Waals surface area (Å²) in [6, 6.07) is 5.87. The summed E-state index contributed by atoms with van der Waals surface area (Å²) in [7, 11) is 1.87. The number of aryl methyl sites for hydroxylation is 1. The van der Waals surface area contributed by atoms with Gasteiger partial charge in [-0.2, -0.15) is 5.10 Å². The molecule has 0 spiro atoms. The Bertz CT molecular complexity index is 895. The second-order valence-electron chi connectivity index (χ2n) is 6.50. The van der Waals surface area contributed by atoms with Crippen LogP contribution >= 0.6 is 0 Å². The van der Waals surface area contributed by atoms with Crippen molar-refractivity contribution in [2.75, 3.05) is 5.32 Å². The topological polar surface area (TPSA) is 81.9 Å². The lowest BCUT2D eigenvalue weighted by Gasteiger charge is -2.19. The summed E-state index contributed by atoms with van der Waals surface area (Å²) >= 11 is 0. The Hall–Kier alpha value is -2.96. The first-order valence-electron chi connectivity index (χ1n) is 7.56. The number of hydrogen-bond donors (Lipinski definition) is 1. The van der Waals surface area contributed by atoms with Gasteiger partial charge < -0.3 is 4.74 Å². The van der Waals surface area contributed by atoms with E-state index in [1.165, 1.54) is 0 Å². The molecule has 3 aromatic rings. The van der Waals surface area contributed by atoms with E-state index in [4.69, 9.17) is 4.74 Å². The fourth-order valence-corrected chi connectivity index (χ4v) is 2.23. The highest BCUT2D eigenvalue weighted by molar-refractivity contribution is 5.87. The standard InChI is InChI=1S/C17H19N5O2/c1-17(2,3)24-16(23)21-15-18-8-12-6-5-11(7-14(12)20-15)13-9-19-22(4)10-13/h5-10H,1-4H3,(H,18,20,21,23). The smallest absolute Gasteiger partial charge is 0.414 e. The Morgan fingerprint density at radius 3 is 2.67 bits per heavy atom. The van der Waals surface area contributed by atoms with Crippen molar-refractivity contribution in [1.29, 1.82) is 0 Å². The molecule has 0 saturated carbocycles. The second kappa shape index (κ2) is 5.92. The summed E-state index contributed by atoms with van der Waals surface area (Å²) in [5.74, 6) is 0.208. The van der Waals surface area contributed by atoms with Crippen LogP contribution in [0.4, 0.5) is 10.7 Å². The zero-order valence-corrected chi connectivity index (χ0v) is 14.1. The second-order valence-corrected chi connectivity index (χ2v) is 6.50. The van der Waals surface area contributed by atoms with Gasteiger partial charge in [-0.3, -0.25) is 10.00 Å². The number of amides is 1. The van der Waals surface area contributed by atoms with Crippen molar-refractivity contribution in [3.05, 3.63) is 36.8 Å². The third-order valence-corrected chi connectivity index (χ3v) is 3.23. The van der Waals surface area contributed by atoms with Gasteiger partial charge in [0.15, 0.2) is 0 Å². The van der Waals surface area contributed by atoms with Gasteiger partial charge in [0, 0.05) is 30.4 Å². The van der Waals surface area contributed by atoms with Gasteiger partial charge in [0.05, 0.1) is 11.7 Å². The van der Waals surface area contributed by atoms with Crippen LogP contribution in [-0.2, 0) is 11.8 Å². The maximum absolute atomic E-state index is 11.8. The highest BCUT2D eigenvalue weighted by Gasteiger charge is 2.17. The Morgan fingerprint density at radius 1 is 1.21 bits per heavy atom. The average Bonchev–Trinajstić information content (AvgIpc) is 2.91. The summed E-state index contributed by atoms with van der Waals surface area (Å²) in [4.78, 5) is 20.4. The number of anilines is 1. The number of fused-ring (bicyclic) bond motifs is 1. The molecule has 124 valence electrons. The van der Waals surface area contributed by atoms with Crippen LogP contribution in [0.2, 0.25) is 0 Å². The molecule has 1 amide bonds. The van der Waals surface area contributed by atoms with Crippen molar-refractivity contribution in [2.45, 2.75) is 26.4 Å². The molecule has 0 radical (unpaired) electrons. The Kier molecular flexibility index (Phi) is 3.92. The number of aromatic nitrogens is 4. The van der Waals surface area contributed by atoms with Crippen LogP contribution in [0.1, 0.15) is 20.8 Å². The Morgan fingerprint density at radius 2 is 2.00 bits per heavy atom. The molecule has 0 aliphatic rings. The van der Waals surface area contributed by atoms with E-state index in [1.807, 2.05) is 31.4 Å². The normalized spacial score (nSPS) is 11.5. The molecule has 2 aromatic heterocycles. The van der Waals surface area contributed by atoms with E-state index in [1.54, 1.807) is 37.8 Å². The predicted molar refractivity (Wildman–Crippen MR) is 91.6 cm³/mol. The maximum atomic E-state index is 11.8. The fraction of sp³-hybridized carbons (Fsp3) is 0.294. The number of carbonyl (C=O) groups is 1. The van der Waals surface area contributed by atoms with Gasteiger partial charge in [0.1, 0.15) is 5.60 Å². The molecule has 0 fully saturated rings. The van der Waals surface area contributed by atoms with Gasteiger partial charge in [-0.25, -0.2) is 14.8 Å². The van der Waals surface area contributed by atoms with Gasteiger partial charge in [0.2, 0.25) is 5.95 Å². The number of hydrogen-bond acceptors (Lipinski definition) is 5. The third kappa shape index (κ3) is 3.68. The molecule has 1 N–H and O–H groups in total. The number of nitrogens with one attached hydrogen (secondary N) is 1. The summed E-state index contributed by atoms with van der Waals surface area (Å²) < 4.78 is 6.95. The summed E-state index contributed by atoms with van der Waals surface area (Å²) in [5, 5.41) is 7.61. The SMILES string of the molecule is Cn1cc(-c2ccc3cnc(NC(=O)OC(C)(C)C)nc3c2)cn1. The minimum Gasteiger partial charge on any atom is -0.444 e. The molecule has 0 aliphatic carbocycles. The highest BCUT2D eigenvalue weighted by atomic mass is 16.6. The first kappa shape index (κ1) is 15.9. The van der Waals surface area contributed by atoms with Crippen molar-refractivity contribution in [1.82, 2.24) is 19.7 Å². The third-order valence-electron chi connectivity index (χ3n) is 3.23. The molecule has 2 heterocycles. The van der Waals surface area contributed by atoms with E-state index in [-0.39, 0.29) is 5.95 Å². The quantitative estimate of drug-likeness (QED) is 0.781. The van der Waals surface area contributed by atoms with Crippen molar-refractivity contribution >= 4 is 22.9 Å². The number of carbonyl (C=O) groups excluding carboxylic acids is 1. The van der Waals surface area contributed by atoms with Gasteiger partial charge in [-0.15, -0.1) is 0 Å². The number of benzene rings is 1. The van der Waals surface area contributed by atoms with Crippen LogP contribution in [0, 0.1) is 0 Å². The molecule has 0 unspecified atom stereocenters. The molecular weight excluding hydrogens is 306 g/mol. The summed E-state index contributed by atoms with van der Waals surface area (Å²) in [6.45, 7) is 5.40. The molecule has 0 saturated heterocycles. The molecule has 0 aliphatic heterocycles. The molecule has 0 bridgehead atoms. The first-order chi connectivity index (χ1) is 11.3. The lowest BCUT2D eigenvalue weighted by Crippen LogP contribution is -2.27. The highest BCUT2D eigenvalue weighted by Crippen LogP contribution is 2.23. The van der Waals surface area contributed by atoms with Crippen LogP contribution < -0.4 is 5.32 Å². The molecule has 7 heteroatoms. The molecule has 7 nitrogen and oxygen atoms in total. The van der Waals surface area contributed by atoms with Crippen molar-refractivity contribution in [2.24, 2.45) is 7.05 Å². The lowest BCUT2D eigenvalue weighted by molar-refractivity contribution is 0.0634. The zero-order chi connectivity index (χ0) is 17.3. The van der Waals surface area contributed by atoms with E-state index in [2.05, 4.69) is 20.4 Å². The zero-order valence-electron chi connectivity index (χ0n) is 14.1. The van der Waals surface area contributed by atoms with E-state index in [0.29, 0.717) is 0 Å². The fourth-order valence-electron chi connectivity index (χ4n) is 2.23. The van der Waals surface area contributed by atoms with Gasteiger partial charge in [-0.1, -0.05) is 12.1 Å². The number of nitrogens with zero attached hydrogens (tertiary/aromatic N) is 4.